The molecule has 0 bridgehead atoms. The van der Waals surface area contributed by atoms with E-state index in [9.17, 15) is 0 Å². The Hall–Kier alpha value is -0.350. The Morgan fingerprint density at radius 3 is 1.32 bits per heavy atom. The average Bonchev–Trinajstić information content (AvgIpc) is 2.77. The third kappa shape index (κ3) is 13.7. The smallest absolute Gasteiger partial charge is 0.0268 e. The Morgan fingerprint density at radius 2 is 0.839 bits per heavy atom. The van der Waals surface area contributed by atoms with Crippen LogP contribution in [0.3, 0.4) is 0 Å². The maximum absolute atomic E-state index is 3.06. The Labute approximate surface area is 199 Å². The fourth-order valence-electron chi connectivity index (χ4n) is 4.86. The van der Waals surface area contributed by atoms with E-state index in [0.29, 0.717) is 0 Å². The predicted octanol–water partition coefficient (Wildman–Crippen LogP) is 9.90. The van der Waals surface area contributed by atoms with Gasteiger partial charge in [0.1, 0.15) is 0 Å². The number of hydrogen-bond donors (Lipinski definition) is 0. The van der Waals surface area contributed by atoms with Crippen molar-refractivity contribution in [2.45, 2.75) is 156 Å². The lowest BCUT2D eigenvalue weighted by atomic mass is 9.90. The molecule has 0 saturated heterocycles. The standard InChI is InChI=1S/C30H55P/c1-4-7-10-13-16-19-22-27-25-26-30(31)29(24-21-18-15-12-9-6-3)28(27)23-20-17-14-11-8-5-2/h25-26H,4-24,31H2,1-3H3. The van der Waals surface area contributed by atoms with Crippen LogP contribution in [0.15, 0.2) is 12.1 Å². The van der Waals surface area contributed by atoms with Crippen LogP contribution in [0, 0.1) is 0 Å². The number of unbranched alkanes of at least 4 members (excludes halogenated alkanes) is 15. The number of hydrogen-bond acceptors (Lipinski definition) is 0. The van der Waals surface area contributed by atoms with E-state index in [4.69, 9.17) is 0 Å². The molecule has 0 radical (unpaired) electrons. The summed E-state index contributed by atoms with van der Waals surface area (Å²) in [5.74, 6) is 0. The van der Waals surface area contributed by atoms with Gasteiger partial charge in [-0.15, -0.1) is 9.24 Å². The Kier molecular flexibility index (Phi) is 18.8. The highest BCUT2D eigenvalue weighted by Crippen LogP contribution is 2.23. The van der Waals surface area contributed by atoms with E-state index in [1.165, 1.54) is 140 Å². The SMILES string of the molecule is CCCCCCCCc1ccc(P)c(CCCCCCCC)c1CCCCCCCC. The first-order chi connectivity index (χ1) is 15.2. The second-order valence-corrected chi connectivity index (χ2v) is 10.4. The van der Waals surface area contributed by atoms with Crippen molar-refractivity contribution in [3.63, 3.8) is 0 Å². The molecule has 1 unspecified atom stereocenters. The van der Waals surface area contributed by atoms with Crippen LogP contribution in [-0.4, -0.2) is 0 Å². The molecule has 1 heteroatoms. The molecule has 0 spiro atoms. The summed E-state index contributed by atoms with van der Waals surface area (Å²) in [6.07, 6.45) is 29.1. The second kappa shape index (κ2) is 20.3. The van der Waals surface area contributed by atoms with Gasteiger partial charge in [-0.05, 0) is 60.5 Å². The predicted molar refractivity (Wildman–Crippen MR) is 147 cm³/mol. The van der Waals surface area contributed by atoms with Gasteiger partial charge in [0, 0.05) is 0 Å². The van der Waals surface area contributed by atoms with E-state index in [1.807, 2.05) is 0 Å². The summed E-state index contributed by atoms with van der Waals surface area (Å²) in [4.78, 5) is 0. The maximum Gasteiger partial charge on any atom is -0.0268 e. The van der Waals surface area contributed by atoms with Crippen LogP contribution in [0.5, 0.6) is 0 Å². The molecular formula is C30H55P. The van der Waals surface area contributed by atoms with Crippen LogP contribution in [0.1, 0.15) is 153 Å². The van der Waals surface area contributed by atoms with Crippen molar-refractivity contribution in [2.24, 2.45) is 0 Å². The first-order valence-corrected chi connectivity index (χ1v) is 14.7. The summed E-state index contributed by atoms with van der Waals surface area (Å²) in [5, 5.41) is 1.47. The topological polar surface area (TPSA) is 0 Å². The minimum absolute atomic E-state index is 1.29. The Balaban J connectivity index is 2.67. The van der Waals surface area contributed by atoms with Crippen molar-refractivity contribution in [1.29, 1.82) is 0 Å². The van der Waals surface area contributed by atoms with Crippen LogP contribution >= 0.6 is 9.24 Å². The minimum atomic E-state index is 1.29. The van der Waals surface area contributed by atoms with Gasteiger partial charge in [0.05, 0.1) is 0 Å². The largest absolute Gasteiger partial charge is 0.105 e. The molecule has 1 aromatic carbocycles. The zero-order valence-electron chi connectivity index (χ0n) is 21.6. The highest BCUT2D eigenvalue weighted by atomic mass is 31.0. The van der Waals surface area contributed by atoms with E-state index < -0.39 is 0 Å². The first-order valence-electron chi connectivity index (χ1n) is 14.1. The molecule has 0 amide bonds. The highest BCUT2D eigenvalue weighted by molar-refractivity contribution is 7.27. The third-order valence-electron chi connectivity index (χ3n) is 6.92. The van der Waals surface area contributed by atoms with E-state index in [1.54, 1.807) is 16.7 Å². The average molecular weight is 447 g/mol. The molecule has 1 rings (SSSR count). The Bertz CT molecular complexity index is 533. The van der Waals surface area contributed by atoms with Gasteiger partial charge in [-0.2, -0.15) is 0 Å². The Morgan fingerprint density at radius 1 is 0.452 bits per heavy atom. The van der Waals surface area contributed by atoms with E-state index in [-0.39, 0.29) is 0 Å². The molecular weight excluding hydrogens is 391 g/mol. The lowest BCUT2D eigenvalue weighted by Crippen LogP contribution is -2.11. The molecule has 0 saturated carbocycles. The van der Waals surface area contributed by atoms with Crippen LogP contribution < -0.4 is 5.30 Å². The maximum atomic E-state index is 3.06. The normalized spacial score (nSPS) is 11.4. The van der Waals surface area contributed by atoms with Crippen LogP contribution in [0.25, 0.3) is 0 Å². The van der Waals surface area contributed by atoms with Gasteiger partial charge in [0.15, 0.2) is 0 Å². The van der Waals surface area contributed by atoms with Crippen LogP contribution in [0.4, 0.5) is 0 Å². The molecule has 0 aliphatic rings. The fourth-order valence-corrected chi connectivity index (χ4v) is 5.28. The summed E-state index contributed by atoms with van der Waals surface area (Å²) in [6.45, 7) is 6.93. The molecule has 31 heavy (non-hydrogen) atoms. The summed E-state index contributed by atoms with van der Waals surface area (Å²) in [5.41, 5.74) is 5.11. The molecule has 0 heterocycles. The van der Waals surface area contributed by atoms with Gasteiger partial charge < -0.3 is 0 Å². The molecule has 0 N–H and O–H groups in total. The van der Waals surface area contributed by atoms with E-state index >= 15 is 0 Å². The monoisotopic (exact) mass is 446 g/mol. The molecule has 0 aromatic heterocycles. The van der Waals surface area contributed by atoms with Gasteiger partial charge in [0.25, 0.3) is 0 Å². The van der Waals surface area contributed by atoms with Crippen molar-refractivity contribution in [3.05, 3.63) is 28.8 Å². The molecule has 0 aliphatic heterocycles. The minimum Gasteiger partial charge on any atom is -0.105 e. The van der Waals surface area contributed by atoms with Crippen LogP contribution in [0.2, 0.25) is 0 Å². The van der Waals surface area contributed by atoms with Gasteiger partial charge >= 0.3 is 0 Å². The summed E-state index contributed by atoms with van der Waals surface area (Å²) >= 11 is 0. The van der Waals surface area contributed by atoms with Gasteiger partial charge in [0.2, 0.25) is 0 Å². The summed E-state index contributed by atoms with van der Waals surface area (Å²) in [7, 11) is 3.06. The van der Waals surface area contributed by atoms with Crippen molar-refractivity contribution in [1.82, 2.24) is 0 Å². The van der Waals surface area contributed by atoms with E-state index in [0.717, 1.165) is 0 Å². The highest BCUT2D eigenvalue weighted by Gasteiger charge is 2.11. The lowest BCUT2D eigenvalue weighted by molar-refractivity contribution is 0.593. The zero-order valence-corrected chi connectivity index (χ0v) is 22.7. The molecule has 1 atom stereocenters. The first kappa shape index (κ1) is 28.7. The lowest BCUT2D eigenvalue weighted by Gasteiger charge is -2.18. The number of benzene rings is 1. The number of aryl methyl sites for hydroxylation is 1. The fraction of sp³-hybridized carbons (Fsp3) is 0.800. The molecule has 0 aliphatic carbocycles. The van der Waals surface area contributed by atoms with Gasteiger partial charge in [-0.25, -0.2) is 0 Å². The van der Waals surface area contributed by atoms with E-state index in [2.05, 4.69) is 42.1 Å². The summed E-state index contributed by atoms with van der Waals surface area (Å²) in [6, 6.07) is 4.86. The summed E-state index contributed by atoms with van der Waals surface area (Å²) < 4.78 is 0. The molecule has 1 aromatic rings. The third-order valence-corrected chi connectivity index (χ3v) is 7.47. The van der Waals surface area contributed by atoms with Crippen molar-refractivity contribution in [2.75, 3.05) is 0 Å². The quantitative estimate of drug-likeness (QED) is 0.130. The molecule has 0 nitrogen and oxygen atoms in total. The zero-order chi connectivity index (χ0) is 22.6. The molecule has 180 valence electrons. The second-order valence-electron chi connectivity index (χ2n) is 9.82. The van der Waals surface area contributed by atoms with Gasteiger partial charge in [-0.3, -0.25) is 0 Å². The molecule has 0 fully saturated rings. The van der Waals surface area contributed by atoms with Crippen molar-refractivity contribution in [3.8, 4) is 0 Å². The number of rotatable bonds is 21. The van der Waals surface area contributed by atoms with Crippen molar-refractivity contribution < 1.29 is 0 Å². The van der Waals surface area contributed by atoms with Crippen LogP contribution in [-0.2, 0) is 19.3 Å². The van der Waals surface area contributed by atoms with Gasteiger partial charge in [-0.1, -0.05) is 129 Å². The van der Waals surface area contributed by atoms with Crippen molar-refractivity contribution >= 4 is 14.5 Å².